The topological polar surface area (TPSA) is 41.5 Å². The van der Waals surface area contributed by atoms with Gasteiger partial charge in [-0.2, -0.15) is 0 Å². The van der Waals surface area contributed by atoms with Crippen LogP contribution < -0.4 is 10.1 Å². The van der Waals surface area contributed by atoms with Crippen LogP contribution in [0, 0.1) is 12.7 Å². The van der Waals surface area contributed by atoms with Crippen LogP contribution in [0.4, 0.5) is 4.39 Å². The Bertz CT molecular complexity index is 409. The van der Waals surface area contributed by atoms with Gasteiger partial charge in [-0.25, -0.2) is 4.39 Å². The average molecular weight is 269 g/mol. The fourth-order valence-electron chi connectivity index (χ4n) is 1.99. The van der Waals surface area contributed by atoms with Gasteiger partial charge in [0.2, 0.25) is 0 Å². The highest BCUT2D eigenvalue weighted by molar-refractivity contribution is 5.28. The number of aliphatic hydroxyl groups is 1. The van der Waals surface area contributed by atoms with Crippen LogP contribution in [0.2, 0.25) is 0 Å². The van der Waals surface area contributed by atoms with Crippen LogP contribution >= 0.6 is 0 Å². The quantitative estimate of drug-likeness (QED) is 0.799. The largest absolute Gasteiger partial charge is 0.494 e. The van der Waals surface area contributed by atoms with Crippen LogP contribution in [0.15, 0.2) is 18.2 Å². The Morgan fingerprint density at radius 1 is 1.42 bits per heavy atom. The Morgan fingerprint density at radius 2 is 2.11 bits per heavy atom. The molecule has 0 heterocycles. The summed E-state index contributed by atoms with van der Waals surface area (Å²) in [6, 6.07) is 5.00. The number of halogens is 1. The molecule has 0 aliphatic carbocycles. The first kappa shape index (κ1) is 15.9. The van der Waals surface area contributed by atoms with Crippen LogP contribution in [-0.2, 0) is 0 Å². The average Bonchev–Trinajstić information content (AvgIpc) is 2.33. The Hall–Kier alpha value is -1.13. The third kappa shape index (κ3) is 5.17. The molecule has 2 N–H and O–H groups in total. The second kappa shape index (κ2) is 6.87. The number of nitrogens with one attached hydrogen (secondary N) is 1. The van der Waals surface area contributed by atoms with Crippen molar-refractivity contribution in [1.82, 2.24) is 5.32 Å². The van der Waals surface area contributed by atoms with Crippen molar-refractivity contribution in [3.8, 4) is 5.75 Å². The van der Waals surface area contributed by atoms with E-state index in [1.165, 1.54) is 6.07 Å². The van der Waals surface area contributed by atoms with Crippen molar-refractivity contribution in [2.75, 3.05) is 13.2 Å². The Kier molecular flexibility index (Phi) is 5.76. The van der Waals surface area contributed by atoms with E-state index >= 15 is 0 Å². The van der Waals surface area contributed by atoms with Crippen molar-refractivity contribution in [3.63, 3.8) is 0 Å². The number of benzene rings is 1. The number of ether oxygens (including phenoxy) is 1. The molecular weight excluding hydrogens is 245 g/mol. The minimum absolute atomic E-state index is 0.0526. The van der Waals surface area contributed by atoms with Gasteiger partial charge in [0.25, 0.3) is 0 Å². The molecule has 3 nitrogen and oxygen atoms in total. The molecule has 0 aliphatic heterocycles. The predicted octanol–water partition coefficient (Wildman–Crippen LogP) is 2.65. The highest BCUT2D eigenvalue weighted by Crippen LogP contribution is 2.17. The van der Waals surface area contributed by atoms with Crippen LogP contribution in [0.25, 0.3) is 0 Å². The summed E-state index contributed by atoms with van der Waals surface area (Å²) in [7, 11) is 0. The second-order valence-electron chi connectivity index (χ2n) is 5.53. The lowest BCUT2D eigenvalue weighted by molar-refractivity contribution is 0.136. The van der Waals surface area contributed by atoms with E-state index in [9.17, 15) is 9.50 Å². The number of aliphatic hydroxyl groups excluding tert-OH is 1. The number of hydrogen-bond donors (Lipinski definition) is 2. The third-order valence-corrected chi connectivity index (χ3v) is 3.04. The second-order valence-corrected chi connectivity index (χ2v) is 5.53. The molecule has 0 bridgehead atoms. The van der Waals surface area contributed by atoms with Gasteiger partial charge in [-0.15, -0.1) is 0 Å². The summed E-state index contributed by atoms with van der Waals surface area (Å²) < 4.78 is 18.7. The van der Waals surface area contributed by atoms with Crippen LogP contribution in [0.5, 0.6) is 5.75 Å². The molecule has 0 spiro atoms. The normalized spacial score (nSPS) is 14.5. The fraction of sp³-hybridized carbons (Fsp3) is 0.600. The zero-order chi connectivity index (χ0) is 14.5. The molecule has 0 radical (unpaired) electrons. The maximum atomic E-state index is 13.1. The van der Waals surface area contributed by atoms with Gasteiger partial charge in [-0.1, -0.05) is 13.8 Å². The summed E-state index contributed by atoms with van der Waals surface area (Å²) in [6.45, 7) is 8.28. The molecule has 0 aliphatic rings. The molecule has 0 amide bonds. The lowest BCUT2D eigenvalue weighted by atomic mass is 9.98. The van der Waals surface area contributed by atoms with Gasteiger partial charge in [-0.3, -0.25) is 0 Å². The standard InChI is InChI=1S/C15H24FNO2/c1-11(2)17-15(4,10-18)7-8-19-13-5-6-14(16)12(3)9-13/h5-6,9,11,17-18H,7-8,10H2,1-4H3. The summed E-state index contributed by atoms with van der Waals surface area (Å²) in [6.07, 6.45) is 0.679. The van der Waals surface area contributed by atoms with Crippen LogP contribution in [0.3, 0.4) is 0 Å². The Morgan fingerprint density at radius 3 is 2.63 bits per heavy atom. The van der Waals surface area contributed by atoms with Crippen LogP contribution in [0.1, 0.15) is 32.8 Å². The lowest BCUT2D eigenvalue weighted by Gasteiger charge is -2.31. The lowest BCUT2D eigenvalue weighted by Crippen LogP contribution is -2.49. The molecule has 4 heteroatoms. The molecule has 0 aromatic heterocycles. The Labute approximate surface area is 114 Å². The Balaban J connectivity index is 2.50. The van der Waals surface area contributed by atoms with Gasteiger partial charge in [0.1, 0.15) is 11.6 Å². The molecule has 1 unspecified atom stereocenters. The van der Waals surface area contributed by atoms with E-state index in [1.807, 2.05) is 20.8 Å². The molecule has 0 saturated carbocycles. The highest BCUT2D eigenvalue weighted by atomic mass is 19.1. The molecule has 0 fully saturated rings. The first-order chi connectivity index (χ1) is 8.86. The zero-order valence-corrected chi connectivity index (χ0v) is 12.2. The SMILES string of the molecule is Cc1cc(OCCC(C)(CO)NC(C)C)ccc1F. The van der Waals surface area contributed by atoms with Crippen molar-refractivity contribution in [3.05, 3.63) is 29.6 Å². The van der Waals surface area contributed by atoms with Gasteiger partial charge in [0, 0.05) is 18.0 Å². The molecule has 1 aromatic carbocycles. The molecular formula is C15H24FNO2. The maximum absolute atomic E-state index is 13.1. The van der Waals surface area contributed by atoms with Crippen molar-refractivity contribution >= 4 is 0 Å². The van der Waals surface area contributed by atoms with E-state index in [4.69, 9.17) is 4.74 Å². The molecule has 1 rings (SSSR count). The van der Waals surface area contributed by atoms with Gasteiger partial charge in [0.05, 0.1) is 13.2 Å². The van der Waals surface area contributed by atoms with E-state index in [0.29, 0.717) is 30.4 Å². The van der Waals surface area contributed by atoms with Crippen molar-refractivity contribution < 1.29 is 14.2 Å². The summed E-state index contributed by atoms with van der Waals surface area (Å²) >= 11 is 0. The molecule has 1 aromatic rings. The van der Waals surface area contributed by atoms with E-state index in [1.54, 1.807) is 19.1 Å². The summed E-state index contributed by atoms with van der Waals surface area (Å²) in [5.74, 6) is 0.428. The predicted molar refractivity (Wildman–Crippen MR) is 75.0 cm³/mol. The number of hydrogen-bond acceptors (Lipinski definition) is 3. The van der Waals surface area contributed by atoms with E-state index in [2.05, 4.69) is 5.32 Å². The van der Waals surface area contributed by atoms with Gasteiger partial charge >= 0.3 is 0 Å². The van der Waals surface area contributed by atoms with E-state index in [-0.39, 0.29) is 18.0 Å². The first-order valence-electron chi connectivity index (χ1n) is 6.64. The van der Waals surface area contributed by atoms with E-state index < -0.39 is 0 Å². The van der Waals surface area contributed by atoms with Crippen LogP contribution in [-0.4, -0.2) is 29.9 Å². The van der Waals surface area contributed by atoms with Gasteiger partial charge in [0.15, 0.2) is 0 Å². The third-order valence-electron chi connectivity index (χ3n) is 3.04. The van der Waals surface area contributed by atoms with Crippen molar-refractivity contribution in [2.45, 2.75) is 45.7 Å². The minimum Gasteiger partial charge on any atom is -0.494 e. The summed E-state index contributed by atoms with van der Waals surface area (Å²) in [5.41, 5.74) is 0.214. The fourth-order valence-corrected chi connectivity index (χ4v) is 1.99. The van der Waals surface area contributed by atoms with E-state index in [0.717, 1.165) is 0 Å². The summed E-state index contributed by atoms with van der Waals surface area (Å²) in [4.78, 5) is 0. The highest BCUT2D eigenvalue weighted by Gasteiger charge is 2.23. The van der Waals surface area contributed by atoms with Gasteiger partial charge < -0.3 is 15.2 Å². The number of rotatable bonds is 7. The molecule has 19 heavy (non-hydrogen) atoms. The molecule has 0 saturated heterocycles. The molecule has 108 valence electrons. The van der Waals surface area contributed by atoms with Crippen molar-refractivity contribution in [1.29, 1.82) is 0 Å². The van der Waals surface area contributed by atoms with Gasteiger partial charge in [-0.05, 0) is 37.6 Å². The minimum atomic E-state index is -0.358. The first-order valence-corrected chi connectivity index (χ1v) is 6.64. The zero-order valence-electron chi connectivity index (χ0n) is 12.2. The maximum Gasteiger partial charge on any atom is 0.126 e. The number of aryl methyl sites for hydroxylation is 1. The summed E-state index contributed by atoms with van der Waals surface area (Å²) in [5, 5.41) is 12.8. The molecule has 1 atom stereocenters. The monoisotopic (exact) mass is 269 g/mol. The van der Waals surface area contributed by atoms with Crippen molar-refractivity contribution in [2.24, 2.45) is 0 Å². The smallest absolute Gasteiger partial charge is 0.126 e.